The number of benzene rings is 2. The fourth-order valence-corrected chi connectivity index (χ4v) is 2.01. The van der Waals surface area contributed by atoms with Gasteiger partial charge in [-0.05, 0) is 48.9 Å². The Bertz CT molecular complexity index is 658. The molecule has 0 aliphatic rings. The van der Waals surface area contributed by atoms with Gasteiger partial charge in [0.25, 0.3) is 5.91 Å². The van der Waals surface area contributed by atoms with Crippen molar-refractivity contribution >= 4 is 28.9 Å². The summed E-state index contributed by atoms with van der Waals surface area (Å²) in [6, 6.07) is 9.47. The highest BCUT2D eigenvalue weighted by molar-refractivity contribution is 6.30. The SMILES string of the molecule is CNc1ccc(C(=O)Nc2ccc(Cl)cc2F)c(C)c1. The summed E-state index contributed by atoms with van der Waals surface area (Å²) in [5.74, 6) is -0.915. The number of anilines is 2. The molecule has 0 fully saturated rings. The number of rotatable bonds is 3. The predicted molar refractivity (Wildman–Crippen MR) is 80.1 cm³/mol. The molecule has 0 unspecified atom stereocenters. The average Bonchev–Trinajstić information content (AvgIpc) is 2.41. The van der Waals surface area contributed by atoms with Crippen LogP contribution in [0.5, 0.6) is 0 Å². The van der Waals surface area contributed by atoms with E-state index in [0.717, 1.165) is 17.3 Å². The Hall–Kier alpha value is -2.07. The zero-order valence-electron chi connectivity index (χ0n) is 11.1. The zero-order valence-corrected chi connectivity index (χ0v) is 11.9. The third kappa shape index (κ3) is 3.08. The topological polar surface area (TPSA) is 41.1 Å². The molecule has 0 heterocycles. The van der Waals surface area contributed by atoms with Gasteiger partial charge in [0.05, 0.1) is 5.69 Å². The number of aryl methyl sites for hydroxylation is 1. The van der Waals surface area contributed by atoms with Crippen LogP contribution in [0.1, 0.15) is 15.9 Å². The molecule has 20 heavy (non-hydrogen) atoms. The van der Waals surface area contributed by atoms with Gasteiger partial charge in [-0.15, -0.1) is 0 Å². The minimum atomic E-state index is -0.560. The van der Waals surface area contributed by atoms with Crippen molar-refractivity contribution in [2.75, 3.05) is 17.7 Å². The molecule has 0 aliphatic carbocycles. The van der Waals surface area contributed by atoms with Gasteiger partial charge in [-0.3, -0.25) is 4.79 Å². The van der Waals surface area contributed by atoms with E-state index in [2.05, 4.69) is 10.6 Å². The second kappa shape index (κ2) is 5.92. The minimum absolute atomic E-state index is 0.108. The summed E-state index contributed by atoms with van der Waals surface area (Å²) in [4.78, 5) is 12.1. The summed E-state index contributed by atoms with van der Waals surface area (Å²) in [6.45, 7) is 1.83. The van der Waals surface area contributed by atoms with Crippen LogP contribution in [0.3, 0.4) is 0 Å². The van der Waals surface area contributed by atoms with E-state index in [1.165, 1.54) is 12.1 Å². The maximum Gasteiger partial charge on any atom is 0.256 e. The number of carbonyl (C=O) groups is 1. The fraction of sp³-hybridized carbons (Fsp3) is 0.133. The number of hydrogen-bond donors (Lipinski definition) is 2. The fourth-order valence-electron chi connectivity index (χ4n) is 1.85. The lowest BCUT2D eigenvalue weighted by Gasteiger charge is -2.10. The van der Waals surface area contributed by atoms with E-state index in [1.807, 2.05) is 13.0 Å². The second-order valence-electron chi connectivity index (χ2n) is 4.36. The maximum absolute atomic E-state index is 13.6. The van der Waals surface area contributed by atoms with E-state index in [-0.39, 0.29) is 16.6 Å². The number of hydrogen-bond acceptors (Lipinski definition) is 2. The molecule has 3 nitrogen and oxygen atoms in total. The quantitative estimate of drug-likeness (QED) is 0.895. The second-order valence-corrected chi connectivity index (χ2v) is 4.79. The highest BCUT2D eigenvalue weighted by Crippen LogP contribution is 2.21. The van der Waals surface area contributed by atoms with Gasteiger partial charge in [-0.25, -0.2) is 4.39 Å². The standard InChI is InChI=1S/C15H14ClFN2O/c1-9-7-11(18-2)4-5-12(9)15(20)19-14-6-3-10(16)8-13(14)17/h3-8,18H,1-2H3,(H,19,20). The Morgan fingerprint density at radius 2 is 1.95 bits per heavy atom. The first-order chi connectivity index (χ1) is 9.51. The minimum Gasteiger partial charge on any atom is -0.388 e. The summed E-state index contributed by atoms with van der Waals surface area (Å²) in [6.07, 6.45) is 0. The van der Waals surface area contributed by atoms with Gasteiger partial charge < -0.3 is 10.6 Å². The van der Waals surface area contributed by atoms with Crippen molar-refractivity contribution in [2.24, 2.45) is 0 Å². The van der Waals surface area contributed by atoms with E-state index in [0.29, 0.717) is 5.56 Å². The summed E-state index contributed by atoms with van der Waals surface area (Å²) in [5, 5.41) is 5.82. The van der Waals surface area contributed by atoms with E-state index in [1.54, 1.807) is 19.2 Å². The van der Waals surface area contributed by atoms with E-state index in [9.17, 15) is 9.18 Å². The van der Waals surface area contributed by atoms with Gasteiger partial charge >= 0.3 is 0 Å². The number of nitrogens with one attached hydrogen (secondary N) is 2. The lowest BCUT2D eigenvalue weighted by molar-refractivity contribution is 0.102. The number of halogens is 2. The highest BCUT2D eigenvalue weighted by atomic mass is 35.5. The summed E-state index contributed by atoms with van der Waals surface area (Å²) in [5.41, 5.74) is 2.33. The Morgan fingerprint density at radius 1 is 1.20 bits per heavy atom. The third-order valence-electron chi connectivity index (χ3n) is 2.94. The van der Waals surface area contributed by atoms with Crippen molar-refractivity contribution in [1.82, 2.24) is 0 Å². The Labute approximate surface area is 121 Å². The Balaban J connectivity index is 2.24. The van der Waals surface area contributed by atoms with Crippen LogP contribution in [-0.4, -0.2) is 13.0 Å². The molecule has 0 saturated heterocycles. The van der Waals surface area contributed by atoms with Crippen molar-refractivity contribution in [1.29, 1.82) is 0 Å². The molecule has 0 bridgehead atoms. The van der Waals surface area contributed by atoms with E-state index in [4.69, 9.17) is 11.6 Å². The monoisotopic (exact) mass is 292 g/mol. The molecule has 2 rings (SSSR count). The maximum atomic E-state index is 13.6. The predicted octanol–water partition coefficient (Wildman–Crippen LogP) is 4.08. The highest BCUT2D eigenvalue weighted by Gasteiger charge is 2.12. The van der Waals surface area contributed by atoms with Crippen molar-refractivity contribution in [3.8, 4) is 0 Å². The molecule has 0 atom stereocenters. The van der Waals surface area contributed by atoms with Crippen LogP contribution in [0.25, 0.3) is 0 Å². The van der Waals surface area contributed by atoms with Crippen LogP contribution in [0.15, 0.2) is 36.4 Å². The average molecular weight is 293 g/mol. The van der Waals surface area contributed by atoms with Crippen LogP contribution < -0.4 is 10.6 Å². The van der Waals surface area contributed by atoms with Gasteiger partial charge in [0.2, 0.25) is 0 Å². The molecular weight excluding hydrogens is 279 g/mol. The van der Waals surface area contributed by atoms with Gasteiger partial charge in [-0.1, -0.05) is 11.6 Å². The van der Waals surface area contributed by atoms with Crippen LogP contribution in [0.4, 0.5) is 15.8 Å². The molecule has 0 spiro atoms. The zero-order chi connectivity index (χ0) is 14.7. The third-order valence-corrected chi connectivity index (χ3v) is 3.17. The van der Waals surface area contributed by atoms with Crippen molar-refractivity contribution in [3.63, 3.8) is 0 Å². The molecule has 0 aromatic heterocycles. The smallest absolute Gasteiger partial charge is 0.256 e. The summed E-state index contributed by atoms with van der Waals surface area (Å²) < 4.78 is 13.6. The van der Waals surface area contributed by atoms with Gasteiger partial charge in [-0.2, -0.15) is 0 Å². The first kappa shape index (κ1) is 14.3. The lowest BCUT2D eigenvalue weighted by atomic mass is 10.1. The molecule has 104 valence electrons. The molecule has 0 radical (unpaired) electrons. The molecule has 2 aromatic rings. The van der Waals surface area contributed by atoms with Crippen LogP contribution in [-0.2, 0) is 0 Å². The van der Waals surface area contributed by atoms with E-state index >= 15 is 0 Å². The Kier molecular flexibility index (Phi) is 4.25. The first-order valence-electron chi connectivity index (χ1n) is 6.06. The van der Waals surface area contributed by atoms with Crippen LogP contribution in [0, 0.1) is 12.7 Å². The van der Waals surface area contributed by atoms with Crippen molar-refractivity contribution < 1.29 is 9.18 Å². The molecule has 0 saturated carbocycles. The number of carbonyl (C=O) groups excluding carboxylic acids is 1. The molecular formula is C15H14ClFN2O. The largest absolute Gasteiger partial charge is 0.388 e. The van der Waals surface area contributed by atoms with Gasteiger partial charge in [0, 0.05) is 23.3 Å². The molecule has 5 heteroatoms. The van der Waals surface area contributed by atoms with Crippen molar-refractivity contribution in [3.05, 3.63) is 58.4 Å². The molecule has 0 aliphatic heterocycles. The molecule has 2 N–H and O–H groups in total. The van der Waals surface area contributed by atoms with E-state index < -0.39 is 5.82 Å². The summed E-state index contributed by atoms with van der Waals surface area (Å²) >= 11 is 5.67. The van der Waals surface area contributed by atoms with Gasteiger partial charge in [0.1, 0.15) is 5.82 Å². The summed E-state index contributed by atoms with van der Waals surface area (Å²) in [7, 11) is 1.80. The molecule has 2 aromatic carbocycles. The molecule has 1 amide bonds. The first-order valence-corrected chi connectivity index (χ1v) is 6.44. The van der Waals surface area contributed by atoms with Crippen LogP contribution >= 0.6 is 11.6 Å². The normalized spacial score (nSPS) is 10.2. The van der Waals surface area contributed by atoms with Gasteiger partial charge in [0.15, 0.2) is 0 Å². The lowest BCUT2D eigenvalue weighted by Crippen LogP contribution is -2.14. The Morgan fingerprint density at radius 3 is 2.55 bits per heavy atom. The van der Waals surface area contributed by atoms with Crippen molar-refractivity contribution in [2.45, 2.75) is 6.92 Å². The number of amides is 1. The van der Waals surface area contributed by atoms with Crippen LogP contribution in [0.2, 0.25) is 5.02 Å².